The SMILES string of the molecule is N#CCCC12CC(c3ccccc31)c1ccccc12. The molecule has 0 aliphatic heterocycles. The number of hydrogen-bond acceptors (Lipinski definition) is 1. The maximum atomic E-state index is 9.00. The average Bonchev–Trinajstić information content (AvgIpc) is 2.98. The molecule has 0 radical (unpaired) electrons. The smallest absolute Gasteiger partial charge is 0.0622 e. The summed E-state index contributed by atoms with van der Waals surface area (Å²) < 4.78 is 0. The molecule has 0 amide bonds. The van der Waals surface area contributed by atoms with Gasteiger partial charge in [0.2, 0.25) is 0 Å². The molecule has 0 saturated carbocycles. The lowest BCUT2D eigenvalue weighted by Crippen LogP contribution is -2.23. The van der Waals surface area contributed by atoms with E-state index in [1.165, 1.54) is 22.3 Å². The lowest BCUT2D eigenvalue weighted by atomic mass is 9.72. The van der Waals surface area contributed by atoms with E-state index in [1.54, 1.807) is 0 Å². The summed E-state index contributed by atoms with van der Waals surface area (Å²) in [4.78, 5) is 0. The first-order valence-electron chi connectivity index (χ1n) is 6.92. The summed E-state index contributed by atoms with van der Waals surface area (Å²) in [6.07, 6.45) is 2.75. The van der Waals surface area contributed by atoms with E-state index in [9.17, 15) is 0 Å². The van der Waals surface area contributed by atoms with Crippen LogP contribution in [0.2, 0.25) is 0 Å². The minimum absolute atomic E-state index is 0.105. The molecule has 0 saturated heterocycles. The Morgan fingerprint density at radius 1 is 1.00 bits per heavy atom. The summed E-state index contributed by atoms with van der Waals surface area (Å²) in [5.74, 6) is 0.547. The molecular weight excluding hydrogens is 230 g/mol. The third-order valence-corrected chi connectivity index (χ3v) is 4.92. The minimum atomic E-state index is 0.105. The van der Waals surface area contributed by atoms with Crippen LogP contribution >= 0.6 is 0 Å². The van der Waals surface area contributed by atoms with Crippen molar-refractivity contribution in [2.45, 2.75) is 30.6 Å². The normalized spacial score (nSPS) is 25.7. The van der Waals surface area contributed by atoms with Crippen LogP contribution in [0.25, 0.3) is 0 Å². The lowest BCUT2D eigenvalue weighted by Gasteiger charge is -2.30. The molecule has 0 fully saturated rings. The molecule has 0 spiro atoms. The Labute approximate surface area is 113 Å². The molecule has 1 heteroatoms. The zero-order chi connectivity index (χ0) is 12.9. The first-order valence-corrected chi connectivity index (χ1v) is 6.92. The maximum absolute atomic E-state index is 9.00. The third kappa shape index (κ3) is 1.24. The topological polar surface area (TPSA) is 23.8 Å². The number of nitriles is 1. The second kappa shape index (κ2) is 3.71. The molecule has 0 N–H and O–H groups in total. The van der Waals surface area contributed by atoms with Crippen molar-refractivity contribution in [1.29, 1.82) is 5.26 Å². The van der Waals surface area contributed by atoms with Gasteiger partial charge in [-0.2, -0.15) is 5.26 Å². The van der Waals surface area contributed by atoms with Crippen LogP contribution in [-0.2, 0) is 5.41 Å². The van der Waals surface area contributed by atoms with E-state index in [-0.39, 0.29) is 5.41 Å². The summed E-state index contributed by atoms with van der Waals surface area (Å²) in [6, 6.07) is 20.0. The molecule has 92 valence electrons. The molecule has 0 heterocycles. The van der Waals surface area contributed by atoms with Gasteiger partial charge in [0.25, 0.3) is 0 Å². The molecular formula is C18H15N. The fourth-order valence-electron chi connectivity index (χ4n) is 4.21. The maximum Gasteiger partial charge on any atom is 0.0622 e. The Morgan fingerprint density at radius 2 is 1.58 bits per heavy atom. The molecule has 2 aromatic rings. The van der Waals surface area contributed by atoms with Gasteiger partial charge in [0.15, 0.2) is 0 Å². The van der Waals surface area contributed by atoms with Gasteiger partial charge in [-0.1, -0.05) is 48.5 Å². The van der Waals surface area contributed by atoms with E-state index in [0.717, 1.165) is 12.8 Å². The Bertz CT molecular complexity index is 645. The number of nitrogens with zero attached hydrogens (tertiary/aromatic N) is 1. The monoisotopic (exact) mass is 245 g/mol. The highest BCUT2D eigenvalue weighted by Crippen LogP contribution is 2.61. The molecule has 2 aliphatic rings. The van der Waals surface area contributed by atoms with Crippen molar-refractivity contribution < 1.29 is 0 Å². The Morgan fingerprint density at radius 3 is 2.16 bits per heavy atom. The van der Waals surface area contributed by atoms with E-state index in [2.05, 4.69) is 54.6 Å². The van der Waals surface area contributed by atoms with Crippen molar-refractivity contribution in [3.05, 3.63) is 70.8 Å². The molecule has 4 rings (SSSR count). The van der Waals surface area contributed by atoms with E-state index in [1.807, 2.05) is 0 Å². The second-order valence-electron chi connectivity index (χ2n) is 5.67. The highest BCUT2D eigenvalue weighted by Gasteiger charge is 2.51. The Kier molecular flexibility index (Phi) is 2.11. The van der Waals surface area contributed by atoms with Crippen molar-refractivity contribution in [2.24, 2.45) is 0 Å². The van der Waals surface area contributed by atoms with Crippen molar-refractivity contribution in [1.82, 2.24) is 0 Å². The fourth-order valence-corrected chi connectivity index (χ4v) is 4.21. The zero-order valence-corrected chi connectivity index (χ0v) is 10.8. The molecule has 0 unspecified atom stereocenters. The molecule has 2 bridgehead atoms. The van der Waals surface area contributed by atoms with E-state index >= 15 is 0 Å². The van der Waals surface area contributed by atoms with Crippen LogP contribution in [0.15, 0.2) is 48.5 Å². The highest BCUT2D eigenvalue weighted by molar-refractivity contribution is 5.62. The van der Waals surface area contributed by atoms with Gasteiger partial charge in [-0.25, -0.2) is 0 Å². The van der Waals surface area contributed by atoms with E-state index in [0.29, 0.717) is 12.3 Å². The largest absolute Gasteiger partial charge is 0.198 e. The van der Waals surface area contributed by atoms with Crippen molar-refractivity contribution in [3.63, 3.8) is 0 Å². The van der Waals surface area contributed by atoms with Gasteiger partial charge in [0.05, 0.1) is 6.07 Å². The lowest BCUT2D eigenvalue weighted by molar-refractivity contribution is 0.494. The number of hydrogen-bond donors (Lipinski definition) is 0. The van der Waals surface area contributed by atoms with Gasteiger partial charge in [0.1, 0.15) is 0 Å². The van der Waals surface area contributed by atoms with Crippen LogP contribution < -0.4 is 0 Å². The van der Waals surface area contributed by atoms with Crippen molar-refractivity contribution >= 4 is 0 Å². The number of rotatable bonds is 2. The first kappa shape index (κ1) is 10.8. The Balaban J connectivity index is 1.97. The van der Waals surface area contributed by atoms with Gasteiger partial charge in [-0.15, -0.1) is 0 Å². The van der Waals surface area contributed by atoms with Gasteiger partial charge in [-0.05, 0) is 35.1 Å². The Hall–Kier alpha value is -2.07. The van der Waals surface area contributed by atoms with Gasteiger partial charge >= 0.3 is 0 Å². The van der Waals surface area contributed by atoms with Crippen LogP contribution in [0, 0.1) is 11.3 Å². The minimum Gasteiger partial charge on any atom is -0.198 e. The first-order chi connectivity index (χ1) is 9.37. The summed E-state index contributed by atoms with van der Waals surface area (Å²) in [7, 11) is 0. The average molecular weight is 245 g/mol. The van der Waals surface area contributed by atoms with Gasteiger partial charge in [-0.3, -0.25) is 0 Å². The molecule has 2 aromatic carbocycles. The molecule has 0 aromatic heterocycles. The predicted octanol–water partition coefficient (Wildman–Crippen LogP) is 4.13. The van der Waals surface area contributed by atoms with Crippen molar-refractivity contribution in [3.8, 4) is 6.07 Å². The van der Waals surface area contributed by atoms with Gasteiger partial charge in [0, 0.05) is 17.8 Å². The summed E-state index contributed by atoms with van der Waals surface area (Å²) in [5, 5.41) is 9.00. The molecule has 1 nitrogen and oxygen atoms in total. The van der Waals surface area contributed by atoms with Crippen molar-refractivity contribution in [2.75, 3.05) is 0 Å². The summed E-state index contributed by atoms with van der Waals surface area (Å²) in [6.45, 7) is 0. The quantitative estimate of drug-likeness (QED) is 0.780. The van der Waals surface area contributed by atoms with E-state index in [4.69, 9.17) is 5.26 Å². The standard InChI is InChI=1S/C18H15N/c19-11-5-10-18-12-15(13-6-1-3-8-16(13)18)14-7-2-4-9-17(14)18/h1-4,6-9,15H,5,10,12H2. The van der Waals surface area contributed by atoms with Gasteiger partial charge < -0.3 is 0 Å². The highest BCUT2D eigenvalue weighted by atomic mass is 14.5. The summed E-state index contributed by atoms with van der Waals surface area (Å²) >= 11 is 0. The van der Waals surface area contributed by atoms with Crippen LogP contribution in [0.1, 0.15) is 47.4 Å². The van der Waals surface area contributed by atoms with Crippen LogP contribution in [0.4, 0.5) is 0 Å². The molecule has 0 atom stereocenters. The third-order valence-electron chi connectivity index (χ3n) is 4.92. The van der Waals surface area contributed by atoms with Crippen LogP contribution in [-0.4, -0.2) is 0 Å². The molecule has 19 heavy (non-hydrogen) atoms. The number of benzene rings is 2. The van der Waals surface area contributed by atoms with Crippen LogP contribution in [0.5, 0.6) is 0 Å². The molecule has 2 aliphatic carbocycles. The predicted molar refractivity (Wildman–Crippen MR) is 75.0 cm³/mol. The van der Waals surface area contributed by atoms with Crippen LogP contribution in [0.3, 0.4) is 0 Å². The fraction of sp³-hybridized carbons (Fsp3) is 0.278. The summed E-state index contributed by atoms with van der Waals surface area (Å²) in [5.41, 5.74) is 6.01. The number of fused-ring (bicyclic) bond motifs is 8. The second-order valence-corrected chi connectivity index (χ2v) is 5.67. The zero-order valence-electron chi connectivity index (χ0n) is 10.8. The van der Waals surface area contributed by atoms with E-state index < -0.39 is 0 Å².